The molecule has 2 aromatic carbocycles. The number of aromatic nitrogens is 1. The smallest absolute Gasteiger partial charge is 0.252 e. The predicted octanol–water partition coefficient (Wildman–Crippen LogP) is 3.37. The highest BCUT2D eigenvalue weighted by Crippen LogP contribution is 2.43. The Morgan fingerprint density at radius 1 is 1.00 bits per heavy atom. The van der Waals surface area contributed by atoms with Gasteiger partial charge in [0.1, 0.15) is 0 Å². The lowest BCUT2D eigenvalue weighted by molar-refractivity contribution is 0.0943. The van der Waals surface area contributed by atoms with Crippen LogP contribution in [0, 0.1) is 0 Å². The molecule has 4 rings (SSSR count). The number of hydrogen-bond donors (Lipinski definition) is 1. The monoisotopic (exact) mass is 330 g/mol. The number of pyridine rings is 1. The third-order valence-corrected chi connectivity index (χ3v) is 4.71. The molecule has 4 heteroatoms. The van der Waals surface area contributed by atoms with Crippen LogP contribution in [-0.2, 0) is 6.54 Å². The summed E-state index contributed by atoms with van der Waals surface area (Å²) < 4.78 is 1.57. The van der Waals surface area contributed by atoms with E-state index in [1.165, 1.54) is 6.07 Å². The van der Waals surface area contributed by atoms with E-state index in [4.69, 9.17) is 0 Å². The number of rotatable bonds is 3. The number of carbonyl (C=O) groups is 1. The lowest BCUT2D eigenvalue weighted by Crippen LogP contribution is -2.30. The van der Waals surface area contributed by atoms with E-state index in [1.54, 1.807) is 16.8 Å². The van der Waals surface area contributed by atoms with E-state index in [0.29, 0.717) is 12.1 Å². The molecule has 0 aliphatic heterocycles. The second kappa shape index (κ2) is 6.06. The molecule has 124 valence electrons. The number of nitrogens with zero attached hydrogens (tertiary/aromatic N) is 1. The number of amides is 1. The van der Waals surface area contributed by atoms with Gasteiger partial charge >= 0.3 is 0 Å². The van der Waals surface area contributed by atoms with Gasteiger partial charge in [-0.25, -0.2) is 0 Å². The average Bonchev–Trinajstić information content (AvgIpc) is 2.96. The quantitative estimate of drug-likeness (QED) is 0.800. The Hall–Kier alpha value is -3.14. The van der Waals surface area contributed by atoms with Crippen molar-refractivity contribution in [3.05, 3.63) is 93.9 Å². The summed E-state index contributed by atoms with van der Waals surface area (Å²) in [5.74, 6) is -0.239. The summed E-state index contributed by atoms with van der Waals surface area (Å²) in [6, 6.07) is 19.1. The van der Waals surface area contributed by atoms with Crippen molar-refractivity contribution in [3.63, 3.8) is 0 Å². The van der Waals surface area contributed by atoms with Gasteiger partial charge in [-0.05, 0) is 35.2 Å². The first-order chi connectivity index (χ1) is 12.2. The molecule has 1 aliphatic rings. The summed E-state index contributed by atoms with van der Waals surface area (Å²) in [4.78, 5) is 24.7. The lowest BCUT2D eigenvalue weighted by atomic mass is 10.0. The van der Waals surface area contributed by atoms with Gasteiger partial charge in [-0.15, -0.1) is 0 Å². The third kappa shape index (κ3) is 2.56. The van der Waals surface area contributed by atoms with Crippen LogP contribution in [0.25, 0.3) is 11.1 Å². The van der Waals surface area contributed by atoms with E-state index in [2.05, 4.69) is 17.4 Å². The SMILES string of the molecule is CCn1ccc(C(=O)NC2c3ccccc3-c3ccccc32)cc1=O. The summed E-state index contributed by atoms with van der Waals surface area (Å²) in [6.45, 7) is 2.48. The lowest BCUT2D eigenvalue weighted by Gasteiger charge is -2.16. The largest absolute Gasteiger partial charge is 0.341 e. The summed E-state index contributed by atoms with van der Waals surface area (Å²) >= 11 is 0. The van der Waals surface area contributed by atoms with Gasteiger partial charge < -0.3 is 9.88 Å². The fourth-order valence-corrected chi connectivity index (χ4v) is 3.44. The molecule has 1 heterocycles. The van der Waals surface area contributed by atoms with E-state index in [0.717, 1.165) is 22.3 Å². The van der Waals surface area contributed by atoms with E-state index in [9.17, 15) is 9.59 Å². The number of benzene rings is 2. The molecule has 0 radical (unpaired) electrons. The van der Waals surface area contributed by atoms with Gasteiger partial charge in [0.2, 0.25) is 0 Å². The third-order valence-electron chi connectivity index (χ3n) is 4.71. The first kappa shape index (κ1) is 15.4. The maximum absolute atomic E-state index is 12.7. The molecular weight excluding hydrogens is 312 g/mol. The molecule has 1 aliphatic carbocycles. The normalized spacial score (nSPS) is 12.5. The molecule has 0 spiro atoms. The Kier molecular flexibility index (Phi) is 3.73. The summed E-state index contributed by atoms with van der Waals surface area (Å²) in [5, 5.41) is 3.09. The highest BCUT2D eigenvalue weighted by Gasteiger charge is 2.29. The summed E-state index contributed by atoms with van der Waals surface area (Å²) in [7, 11) is 0. The summed E-state index contributed by atoms with van der Waals surface area (Å²) in [5.41, 5.74) is 4.67. The minimum absolute atomic E-state index is 0.164. The fraction of sp³-hybridized carbons (Fsp3) is 0.143. The topological polar surface area (TPSA) is 51.1 Å². The van der Waals surface area contributed by atoms with Crippen LogP contribution >= 0.6 is 0 Å². The van der Waals surface area contributed by atoms with Gasteiger partial charge in [-0.2, -0.15) is 0 Å². The number of nitrogens with one attached hydrogen (secondary N) is 1. The molecule has 0 fully saturated rings. The zero-order valence-corrected chi connectivity index (χ0v) is 13.9. The Morgan fingerprint density at radius 3 is 2.16 bits per heavy atom. The first-order valence-corrected chi connectivity index (χ1v) is 8.38. The minimum Gasteiger partial charge on any atom is -0.341 e. The molecule has 3 aromatic rings. The van der Waals surface area contributed by atoms with Crippen molar-refractivity contribution in [2.24, 2.45) is 0 Å². The molecule has 0 bridgehead atoms. The predicted molar refractivity (Wildman–Crippen MR) is 97.6 cm³/mol. The van der Waals surface area contributed by atoms with E-state index in [-0.39, 0.29) is 17.5 Å². The highest BCUT2D eigenvalue weighted by molar-refractivity contribution is 5.95. The van der Waals surface area contributed by atoms with Crippen molar-refractivity contribution in [1.82, 2.24) is 9.88 Å². The average molecular weight is 330 g/mol. The van der Waals surface area contributed by atoms with Crippen LogP contribution in [0.15, 0.2) is 71.7 Å². The van der Waals surface area contributed by atoms with Gasteiger partial charge in [-0.3, -0.25) is 9.59 Å². The maximum atomic E-state index is 12.7. The number of fused-ring (bicyclic) bond motifs is 3. The van der Waals surface area contributed by atoms with Crippen LogP contribution in [0.1, 0.15) is 34.5 Å². The van der Waals surface area contributed by atoms with Crippen molar-refractivity contribution in [2.75, 3.05) is 0 Å². The minimum atomic E-state index is -0.239. The molecule has 1 aromatic heterocycles. The Bertz CT molecular complexity index is 975. The van der Waals surface area contributed by atoms with Crippen molar-refractivity contribution in [3.8, 4) is 11.1 Å². The van der Waals surface area contributed by atoms with E-state index < -0.39 is 0 Å². The molecule has 0 atom stereocenters. The van der Waals surface area contributed by atoms with Gasteiger partial charge in [0, 0.05) is 24.4 Å². The van der Waals surface area contributed by atoms with Gasteiger partial charge in [0.25, 0.3) is 11.5 Å². The van der Waals surface area contributed by atoms with Gasteiger partial charge in [0.05, 0.1) is 6.04 Å². The van der Waals surface area contributed by atoms with Crippen LogP contribution in [0.3, 0.4) is 0 Å². The van der Waals surface area contributed by atoms with Crippen LogP contribution in [0.5, 0.6) is 0 Å². The van der Waals surface area contributed by atoms with Crippen molar-refractivity contribution < 1.29 is 4.79 Å². The van der Waals surface area contributed by atoms with Gasteiger partial charge in [0.15, 0.2) is 0 Å². The number of aryl methyl sites for hydroxylation is 1. The number of hydrogen-bond acceptors (Lipinski definition) is 2. The molecule has 0 saturated heterocycles. The Labute approximate surface area is 145 Å². The molecule has 25 heavy (non-hydrogen) atoms. The Morgan fingerprint density at radius 2 is 1.60 bits per heavy atom. The molecule has 4 nitrogen and oxygen atoms in total. The first-order valence-electron chi connectivity index (χ1n) is 8.38. The van der Waals surface area contributed by atoms with Crippen molar-refractivity contribution >= 4 is 5.91 Å². The molecule has 0 saturated carbocycles. The molecule has 1 amide bonds. The standard InChI is InChI=1S/C21H18N2O2/c1-2-23-12-11-14(13-19(23)24)21(25)22-20-17-9-5-3-7-15(17)16-8-4-6-10-18(16)20/h3-13,20H,2H2,1H3,(H,22,25). The van der Waals surface area contributed by atoms with Crippen LogP contribution in [0.4, 0.5) is 0 Å². The molecular formula is C21H18N2O2. The van der Waals surface area contributed by atoms with Crippen LogP contribution < -0.4 is 10.9 Å². The zero-order chi connectivity index (χ0) is 17.4. The fourth-order valence-electron chi connectivity index (χ4n) is 3.44. The van der Waals surface area contributed by atoms with Crippen molar-refractivity contribution in [1.29, 1.82) is 0 Å². The van der Waals surface area contributed by atoms with Gasteiger partial charge in [-0.1, -0.05) is 48.5 Å². The number of carbonyl (C=O) groups excluding carboxylic acids is 1. The van der Waals surface area contributed by atoms with E-state index in [1.807, 2.05) is 43.3 Å². The molecule has 1 N–H and O–H groups in total. The Balaban J connectivity index is 1.70. The highest BCUT2D eigenvalue weighted by atomic mass is 16.2. The zero-order valence-electron chi connectivity index (χ0n) is 13.9. The van der Waals surface area contributed by atoms with Crippen molar-refractivity contribution in [2.45, 2.75) is 19.5 Å². The van der Waals surface area contributed by atoms with Crippen LogP contribution in [0.2, 0.25) is 0 Å². The molecule has 0 unspecified atom stereocenters. The second-order valence-corrected chi connectivity index (χ2v) is 6.12. The van der Waals surface area contributed by atoms with Crippen LogP contribution in [-0.4, -0.2) is 10.5 Å². The van der Waals surface area contributed by atoms with E-state index >= 15 is 0 Å². The second-order valence-electron chi connectivity index (χ2n) is 6.12. The summed E-state index contributed by atoms with van der Waals surface area (Å²) in [6.07, 6.45) is 1.66. The maximum Gasteiger partial charge on any atom is 0.252 e.